The predicted molar refractivity (Wildman–Crippen MR) is 48.6 cm³/mol. The Hall–Kier alpha value is -1.83. The van der Waals surface area contributed by atoms with Crippen molar-refractivity contribution in [3.05, 3.63) is 17.0 Å². The van der Waals surface area contributed by atoms with Crippen LogP contribution in [0.1, 0.15) is 28.7 Å². The number of aryl methyl sites for hydroxylation is 1. The summed E-state index contributed by atoms with van der Waals surface area (Å²) < 4.78 is 6.17. The lowest BCUT2D eigenvalue weighted by atomic mass is 10.2. The summed E-state index contributed by atoms with van der Waals surface area (Å²) in [5.74, 6) is -0.484. The van der Waals surface area contributed by atoms with Gasteiger partial charge in [0.2, 0.25) is 0 Å². The molecule has 0 aliphatic carbocycles. The highest BCUT2D eigenvalue weighted by molar-refractivity contribution is 5.89. The molecule has 0 bridgehead atoms. The maximum atomic E-state index is 11.3. The van der Waals surface area contributed by atoms with E-state index in [-0.39, 0.29) is 5.69 Å². The molecule has 0 fully saturated rings. The lowest BCUT2D eigenvalue weighted by molar-refractivity contribution is 0.0518. The van der Waals surface area contributed by atoms with Crippen molar-refractivity contribution < 1.29 is 9.53 Å². The van der Waals surface area contributed by atoms with Gasteiger partial charge < -0.3 is 4.74 Å². The van der Waals surface area contributed by atoms with Crippen LogP contribution < -0.4 is 0 Å². The van der Waals surface area contributed by atoms with Crippen molar-refractivity contribution in [2.45, 2.75) is 13.8 Å². The van der Waals surface area contributed by atoms with Crippen LogP contribution in [0.4, 0.5) is 0 Å². The van der Waals surface area contributed by atoms with Gasteiger partial charge >= 0.3 is 5.97 Å². The van der Waals surface area contributed by atoms with Crippen LogP contribution in [0.3, 0.4) is 0 Å². The van der Waals surface area contributed by atoms with E-state index in [1.807, 2.05) is 6.07 Å². The van der Waals surface area contributed by atoms with E-state index in [9.17, 15) is 4.79 Å². The number of ether oxygens (including phenoxy) is 1. The first kappa shape index (κ1) is 10.3. The van der Waals surface area contributed by atoms with E-state index < -0.39 is 5.97 Å². The largest absolute Gasteiger partial charge is 0.461 e. The Balaban J connectivity index is 3.13. The highest BCUT2D eigenvalue weighted by atomic mass is 16.5. The quantitative estimate of drug-likeness (QED) is 0.651. The third kappa shape index (κ3) is 1.59. The molecule has 0 saturated carbocycles. The number of esters is 1. The zero-order valence-electron chi connectivity index (χ0n) is 8.37. The van der Waals surface area contributed by atoms with Gasteiger partial charge in [0.15, 0.2) is 5.69 Å². The number of aromatic nitrogens is 2. The molecule has 0 unspecified atom stereocenters. The average Bonchev–Trinajstić information content (AvgIpc) is 2.42. The van der Waals surface area contributed by atoms with Crippen molar-refractivity contribution in [1.29, 1.82) is 5.26 Å². The van der Waals surface area contributed by atoms with Crippen LogP contribution in [-0.2, 0) is 11.8 Å². The molecule has 14 heavy (non-hydrogen) atoms. The zero-order valence-corrected chi connectivity index (χ0v) is 8.37. The van der Waals surface area contributed by atoms with E-state index in [1.54, 1.807) is 20.9 Å². The molecule has 0 atom stereocenters. The minimum Gasteiger partial charge on any atom is -0.461 e. The van der Waals surface area contributed by atoms with E-state index in [1.165, 1.54) is 4.68 Å². The molecule has 1 rings (SSSR count). The fraction of sp³-hybridized carbons (Fsp3) is 0.444. The number of nitriles is 1. The molecular formula is C9H11N3O2. The molecule has 0 aliphatic heterocycles. The van der Waals surface area contributed by atoms with Crippen molar-refractivity contribution in [2.24, 2.45) is 7.05 Å². The van der Waals surface area contributed by atoms with Crippen LogP contribution in [0.5, 0.6) is 0 Å². The van der Waals surface area contributed by atoms with Crippen LogP contribution in [0.25, 0.3) is 0 Å². The Kier molecular flexibility index (Phi) is 2.87. The molecule has 5 nitrogen and oxygen atoms in total. The monoisotopic (exact) mass is 193 g/mol. The predicted octanol–water partition coefficient (Wildman–Crippen LogP) is 0.777. The van der Waals surface area contributed by atoms with Crippen molar-refractivity contribution in [1.82, 2.24) is 9.78 Å². The molecule has 5 heteroatoms. The molecule has 0 saturated heterocycles. The second-order valence-electron chi connectivity index (χ2n) is 2.78. The number of carbonyl (C=O) groups is 1. The summed E-state index contributed by atoms with van der Waals surface area (Å²) in [7, 11) is 1.62. The fourth-order valence-electron chi connectivity index (χ4n) is 1.18. The van der Waals surface area contributed by atoms with Gasteiger partial charge in [-0.25, -0.2) is 4.79 Å². The third-order valence-corrected chi connectivity index (χ3v) is 1.86. The zero-order chi connectivity index (χ0) is 10.7. The number of hydrogen-bond acceptors (Lipinski definition) is 4. The topological polar surface area (TPSA) is 67.9 Å². The van der Waals surface area contributed by atoms with Crippen molar-refractivity contribution >= 4 is 5.97 Å². The SMILES string of the molecule is CCOC(=O)c1nn(C)c(C#N)c1C. The van der Waals surface area contributed by atoms with E-state index in [4.69, 9.17) is 10.00 Å². The van der Waals surface area contributed by atoms with Gasteiger partial charge in [-0.1, -0.05) is 0 Å². The first-order chi connectivity index (χ1) is 6.61. The average molecular weight is 193 g/mol. The number of rotatable bonds is 2. The van der Waals surface area contributed by atoms with Crippen molar-refractivity contribution in [3.63, 3.8) is 0 Å². The summed E-state index contributed by atoms with van der Waals surface area (Å²) in [4.78, 5) is 11.3. The molecule has 0 aromatic carbocycles. The summed E-state index contributed by atoms with van der Waals surface area (Å²) in [5.41, 5.74) is 1.16. The second-order valence-corrected chi connectivity index (χ2v) is 2.78. The van der Waals surface area contributed by atoms with Gasteiger partial charge in [0.05, 0.1) is 6.61 Å². The second kappa shape index (κ2) is 3.92. The van der Waals surface area contributed by atoms with Gasteiger partial charge in [-0.2, -0.15) is 10.4 Å². The molecule has 1 heterocycles. The molecule has 74 valence electrons. The minimum absolute atomic E-state index is 0.214. The van der Waals surface area contributed by atoms with Gasteiger partial charge in [-0.3, -0.25) is 4.68 Å². The Bertz CT molecular complexity index is 401. The standard InChI is InChI=1S/C9H11N3O2/c1-4-14-9(13)8-6(2)7(5-10)12(3)11-8/h4H2,1-3H3. The molecule has 0 spiro atoms. The van der Waals surface area contributed by atoms with Crippen LogP contribution in [0.2, 0.25) is 0 Å². The Morgan fingerprint density at radius 3 is 2.79 bits per heavy atom. The van der Waals surface area contributed by atoms with Crippen LogP contribution >= 0.6 is 0 Å². The smallest absolute Gasteiger partial charge is 0.359 e. The van der Waals surface area contributed by atoms with Gasteiger partial charge in [0, 0.05) is 12.6 Å². The summed E-state index contributed by atoms with van der Waals surface area (Å²) in [5, 5.41) is 12.7. The van der Waals surface area contributed by atoms with Crippen molar-refractivity contribution in [3.8, 4) is 6.07 Å². The fourth-order valence-corrected chi connectivity index (χ4v) is 1.18. The Morgan fingerprint density at radius 1 is 1.71 bits per heavy atom. The van der Waals surface area contributed by atoms with Gasteiger partial charge in [0.1, 0.15) is 11.8 Å². The maximum Gasteiger partial charge on any atom is 0.359 e. The van der Waals surface area contributed by atoms with Crippen LogP contribution in [0.15, 0.2) is 0 Å². The lowest BCUT2D eigenvalue weighted by Crippen LogP contribution is -2.07. The molecule has 0 N–H and O–H groups in total. The third-order valence-electron chi connectivity index (χ3n) is 1.86. The normalized spacial score (nSPS) is 9.57. The van der Waals surface area contributed by atoms with E-state index in [2.05, 4.69) is 5.10 Å². The van der Waals surface area contributed by atoms with Crippen LogP contribution in [0, 0.1) is 18.3 Å². The van der Waals surface area contributed by atoms with Gasteiger partial charge in [-0.05, 0) is 13.8 Å². The van der Waals surface area contributed by atoms with Gasteiger partial charge in [0.25, 0.3) is 0 Å². The van der Waals surface area contributed by atoms with Gasteiger partial charge in [-0.15, -0.1) is 0 Å². The highest BCUT2D eigenvalue weighted by Crippen LogP contribution is 2.12. The molecule has 1 aromatic heterocycles. The number of hydrogen-bond donors (Lipinski definition) is 0. The number of nitrogens with zero attached hydrogens (tertiary/aromatic N) is 3. The summed E-state index contributed by atoms with van der Waals surface area (Å²) in [6.07, 6.45) is 0. The first-order valence-electron chi connectivity index (χ1n) is 4.22. The number of carbonyl (C=O) groups excluding carboxylic acids is 1. The minimum atomic E-state index is -0.484. The first-order valence-corrected chi connectivity index (χ1v) is 4.22. The molecular weight excluding hydrogens is 182 g/mol. The lowest BCUT2D eigenvalue weighted by Gasteiger charge is -1.97. The molecule has 0 radical (unpaired) electrons. The Morgan fingerprint density at radius 2 is 2.36 bits per heavy atom. The highest BCUT2D eigenvalue weighted by Gasteiger charge is 2.18. The molecule has 0 aliphatic rings. The summed E-state index contributed by atoms with van der Waals surface area (Å²) >= 11 is 0. The van der Waals surface area contributed by atoms with Crippen LogP contribution in [-0.4, -0.2) is 22.4 Å². The van der Waals surface area contributed by atoms with E-state index in [0.29, 0.717) is 17.9 Å². The summed E-state index contributed by atoms with van der Waals surface area (Å²) in [6, 6.07) is 1.97. The van der Waals surface area contributed by atoms with E-state index >= 15 is 0 Å². The molecule has 1 aromatic rings. The summed E-state index contributed by atoms with van der Waals surface area (Å²) in [6.45, 7) is 3.70. The Labute approximate surface area is 81.9 Å². The molecule has 0 amide bonds. The van der Waals surface area contributed by atoms with Crippen molar-refractivity contribution in [2.75, 3.05) is 6.61 Å². The maximum absolute atomic E-state index is 11.3. The van der Waals surface area contributed by atoms with E-state index in [0.717, 1.165) is 0 Å².